The highest BCUT2D eigenvalue weighted by atomic mass is 19.3. The molecule has 2 atom stereocenters. The van der Waals surface area contributed by atoms with Crippen molar-refractivity contribution < 1.29 is 23.0 Å². The largest absolute Gasteiger partial charge is 0.465 e. The van der Waals surface area contributed by atoms with E-state index in [0.717, 1.165) is 0 Å². The minimum atomic E-state index is -2.97. The highest BCUT2D eigenvalue weighted by molar-refractivity contribution is 6.03. The number of rotatable bonds is 5. The van der Waals surface area contributed by atoms with E-state index in [9.17, 15) is 13.6 Å². The van der Waals surface area contributed by atoms with E-state index in [4.69, 9.17) is 4.74 Å². The van der Waals surface area contributed by atoms with E-state index in [1.54, 1.807) is 44.3 Å². The maximum atomic E-state index is 12.8. The van der Waals surface area contributed by atoms with E-state index in [1.807, 2.05) is 0 Å². The summed E-state index contributed by atoms with van der Waals surface area (Å²) >= 11 is 0. The number of carbonyl (C=O) groups excluding carboxylic acids is 1. The Kier molecular flexibility index (Phi) is 4.78. The van der Waals surface area contributed by atoms with Crippen LogP contribution in [0.2, 0.25) is 0 Å². The molecule has 2 heterocycles. The van der Waals surface area contributed by atoms with Gasteiger partial charge in [0.25, 0.3) is 0 Å². The molecule has 0 radical (unpaired) electrons. The molecule has 0 bridgehead atoms. The summed E-state index contributed by atoms with van der Waals surface area (Å²) in [5.41, 5.74) is 0.948. The van der Waals surface area contributed by atoms with Crippen molar-refractivity contribution in [2.75, 3.05) is 6.61 Å². The van der Waals surface area contributed by atoms with Gasteiger partial charge >= 0.3 is 12.6 Å². The van der Waals surface area contributed by atoms with Crippen molar-refractivity contribution in [3.8, 4) is 5.75 Å². The predicted octanol–water partition coefficient (Wildman–Crippen LogP) is 3.36. The molecule has 6 nitrogen and oxygen atoms in total. The summed E-state index contributed by atoms with van der Waals surface area (Å²) in [4.78, 5) is 16.9. The molecule has 0 aliphatic carbocycles. The Morgan fingerprint density at radius 1 is 1.32 bits per heavy atom. The molecule has 132 valence electrons. The summed E-state index contributed by atoms with van der Waals surface area (Å²) in [6, 6.07) is 7.37. The molecule has 3 rings (SSSR count). The van der Waals surface area contributed by atoms with Gasteiger partial charge in [-0.2, -0.15) is 13.9 Å². The van der Waals surface area contributed by atoms with Gasteiger partial charge in [0, 0.05) is 17.3 Å². The van der Waals surface area contributed by atoms with E-state index in [1.165, 1.54) is 10.7 Å². The molecular weight excluding hydrogens is 332 g/mol. The third kappa shape index (κ3) is 3.24. The molecule has 8 heteroatoms. The number of halogens is 2. The first kappa shape index (κ1) is 17.1. The minimum absolute atomic E-state index is 0.00653. The highest BCUT2D eigenvalue weighted by Gasteiger charge is 2.40. The quantitative estimate of drug-likeness (QED) is 0.777. The molecule has 0 N–H and O–H groups in total. The molecule has 0 saturated heterocycles. The third-order valence-corrected chi connectivity index (χ3v) is 3.96. The maximum Gasteiger partial charge on any atom is 0.387 e. The molecule has 0 spiro atoms. The summed E-state index contributed by atoms with van der Waals surface area (Å²) in [6.07, 6.45) is 1.54. The fraction of sp³-hybridized carbons (Fsp3) is 0.353. The van der Waals surface area contributed by atoms with Gasteiger partial charge in [-0.15, -0.1) is 0 Å². The lowest BCUT2D eigenvalue weighted by atomic mass is 9.88. The number of alkyl halides is 2. The van der Waals surface area contributed by atoms with Crippen LogP contribution in [0.5, 0.6) is 5.75 Å². The number of hydrogen-bond acceptors (Lipinski definition) is 5. The summed E-state index contributed by atoms with van der Waals surface area (Å²) in [6.45, 7) is 0.644. The van der Waals surface area contributed by atoms with Crippen LogP contribution < -0.4 is 4.74 Å². The zero-order valence-corrected chi connectivity index (χ0v) is 13.7. The third-order valence-electron chi connectivity index (χ3n) is 3.96. The Labute approximate surface area is 143 Å². The Morgan fingerprint density at radius 2 is 2.08 bits per heavy atom. The Bertz CT molecular complexity index is 804. The molecule has 1 aromatic heterocycles. The molecule has 0 fully saturated rings. The number of carbonyl (C=O) groups is 1. The van der Waals surface area contributed by atoms with Gasteiger partial charge in [-0.1, -0.05) is 18.2 Å². The zero-order valence-electron chi connectivity index (χ0n) is 13.7. The number of nitrogens with zero attached hydrogens (tertiary/aromatic N) is 3. The van der Waals surface area contributed by atoms with Gasteiger partial charge in [0.1, 0.15) is 17.7 Å². The number of aliphatic imine (C=N–C) groups is 1. The monoisotopic (exact) mass is 349 g/mol. The van der Waals surface area contributed by atoms with Crippen molar-refractivity contribution in [3.63, 3.8) is 0 Å². The van der Waals surface area contributed by atoms with Crippen LogP contribution in [0, 0.1) is 5.92 Å². The Morgan fingerprint density at radius 3 is 2.80 bits per heavy atom. The SMILES string of the molecule is CCOC(=O)C1C(C)=Nc2ccnn2C1c1ccccc1OC(F)F. The summed E-state index contributed by atoms with van der Waals surface area (Å²) in [5, 5.41) is 4.22. The molecule has 25 heavy (non-hydrogen) atoms. The maximum absolute atomic E-state index is 12.8. The van der Waals surface area contributed by atoms with Crippen LogP contribution in [0.3, 0.4) is 0 Å². The summed E-state index contributed by atoms with van der Waals surface area (Å²) < 4.78 is 36.9. The lowest BCUT2D eigenvalue weighted by Crippen LogP contribution is -2.37. The number of ether oxygens (including phenoxy) is 2. The zero-order chi connectivity index (χ0) is 18.0. The predicted molar refractivity (Wildman–Crippen MR) is 86.3 cm³/mol. The number of benzene rings is 1. The number of esters is 1. The molecular formula is C17H17F2N3O3. The van der Waals surface area contributed by atoms with E-state index < -0.39 is 24.5 Å². The molecule has 0 saturated carbocycles. The molecule has 1 aliphatic rings. The van der Waals surface area contributed by atoms with Crippen LogP contribution in [-0.4, -0.2) is 34.7 Å². The van der Waals surface area contributed by atoms with Crippen molar-refractivity contribution in [1.82, 2.24) is 9.78 Å². The number of fused-ring (bicyclic) bond motifs is 1. The van der Waals surface area contributed by atoms with Crippen LogP contribution in [0.25, 0.3) is 0 Å². The number of hydrogen-bond donors (Lipinski definition) is 0. The fourth-order valence-electron chi connectivity index (χ4n) is 3.00. The minimum Gasteiger partial charge on any atom is -0.465 e. The second-order valence-electron chi connectivity index (χ2n) is 5.48. The van der Waals surface area contributed by atoms with Crippen molar-refractivity contribution in [1.29, 1.82) is 0 Å². The van der Waals surface area contributed by atoms with Crippen LogP contribution in [0.1, 0.15) is 25.5 Å². The standard InChI is InChI=1S/C17H17F2N3O3/c1-3-24-16(23)14-10(2)21-13-8-9-20-22(13)15(14)11-6-4-5-7-12(11)25-17(18)19/h4-9,14-15,17H,3H2,1-2H3. The van der Waals surface area contributed by atoms with Crippen molar-refractivity contribution in [2.24, 2.45) is 10.9 Å². The Hall–Kier alpha value is -2.77. The average molecular weight is 349 g/mol. The second kappa shape index (κ2) is 7.00. The lowest BCUT2D eigenvalue weighted by molar-refractivity contribution is -0.146. The topological polar surface area (TPSA) is 65.7 Å². The van der Waals surface area contributed by atoms with E-state index in [-0.39, 0.29) is 12.4 Å². The smallest absolute Gasteiger partial charge is 0.387 e. The Balaban J connectivity index is 2.13. The van der Waals surface area contributed by atoms with E-state index >= 15 is 0 Å². The normalized spacial score (nSPS) is 19.3. The van der Waals surface area contributed by atoms with Crippen molar-refractivity contribution in [2.45, 2.75) is 26.5 Å². The summed E-state index contributed by atoms with van der Waals surface area (Å²) in [5.74, 6) is -0.737. The van der Waals surface area contributed by atoms with Crippen LogP contribution in [0.4, 0.5) is 14.6 Å². The highest BCUT2D eigenvalue weighted by Crippen LogP contribution is 2.40. The van der Waals surface area contributed by atoms with Crippen LogP contribution in [0.15, 0.2) is 41.5 Å². The van der Waals surface area contributed by atoms with Gasteiger partial charge in [-0.25, -0.2) is 9.67 Å². The molecule has 2 unspecified atom stereocenters. The van der Waals surface area contributed by atoms with Gasteiger partial charge in [-0.3, -0.25) is 4.79 Å². The number of para-hydroxylation sites is 1. The van der Waals surface area contributed by atoms with Gasteiger partial charge in [-0.05, 0) is 19.9 Å². The van der Waals surface area contributed by atoms with Crippen LogP contribution in [-0.2, 0) is 9.53 Å². The van der Waals surface area contributed by atoms with Gasteiger partial charge in [0.05, 0.1) is 12.8 Å². The first-order valence-corrected chi connectivity index (χ1v) is 7.82. The first-order valence-electron chi connectivity index (χ1n) is 7.82. The number of aromatic nitrogens is 2. The van der Waals surface area contributed by atoms with E-state index in [0.29, 0.717) is 17.1 Å². The van der Waals surface area contributed by atoms with Crippen molar-refractivity contribution in [3.05, 3.63) is 42.1 Å². The molecule has 1 aliphatic heterocycles. The molecule has 1 aromatic carbocycles. The summed E-state index contributed by atoms with van der Waals surface area (Å²) in [7, 11) is 0. The van der Waals surface area contributed by atoms with Gasteiger partial charge in [0.15, 0.2) is 5.82 Å². The average Bonchev–Trinajstić information content (AvgIpc) is 3.01. The lowest BCUT2D eigenvalue weighted by Gasteiger charge is -2.31. The molecule has 2 aromatic rings. The van der Waals surface area contributed by atoms with E-state index in [2.05, 4.69) is 14.8 Å². The van der Waals surface area contributed by atoms with Gasteiger partial charge in [0.2, 0.25) is 0 Å². The van der Waals surface area contributed by atoms with Gasteiger partial charge < -0.3 is 9.47 Å². The van der Waals surface area contributed by atoms with Crippen molar-refractivity contribution >= 4 is 17.5 Å². The van der Waals surface area contributed by atoms with Crippen LogP contribution >= 0.6 is 0 Å². The fourth-order valence-corrected chi connectivity index (χ4v) is 3.00. The molecule has 0 amide bonds. The second-order valence-corrected chi connectivity index (χ2v) is 5.48. The first-order chi connectivity index (χ1) is 12.0.